The van der Waals surface area contributed by atoms with Crippen LogP contribution in [0.15, 0.2) is 0 Å². The smallest absolute Gasteiger partial charge is 0.0600 e. The molecule has 0 aromatic rings. The Balaban J connectivity index is 1.67. The summed E-state index contributed by atoms with van der Waals surface area (Å²) in [5.41, 5.74) is 5.44. The molecule has 0 bridgehead atoms. The van der Waals surface area contributed by atoms with Crippen LogP contribution in [0.1, 0.15) is 38.5 Å². The van der Waals surface area contributed by atoms with Gasteiger partial charge in [0.15, 0.2) is 0 Å². The van der Waals surface area contributed by atoms with Gasteiger partial charge < -0.3 is 15.4 Å². The minimum atomic E-state index is 0.478. The average Bonchev–Trinajstić information content (AvgIpc) is 2.80. The van der Waals surface area contributed by atoms with E-state index in [1.165, 1.54) is 51.6 Å². The van der Waals surface area contributed by atoms with Gasteiger partial charge in [0.05, 0.1) is 12.7 Å². The molecule has 0 radical (unpaired) electrons. The minimum absolute atomic E-state index is 0.478. The molecule has 3 nitrogen and oxygen atoms in total. The summed E-state index contributed by atoms with van der Waals surface area (Å²) in [5, 5.41) is 0. The van der Waals surface area contributed by atoms with Gasteiger partial charge in [0, 0.05) is 25.7 Å². The van der Waals surface area contributed by atoms with Gasteiger partial charge in [0.25, 0.3) is 0 Å². The van der Waals surface area contributed by atoms with Crippen LogP contribution in [0, 0.1) is 0 Å². The van der Waals surface area contributed by atoms with E-state index in [9.17, 15) is 0 Å². The Morgan fingerprint density at radius 2 is 1.73 bits per heavy atom. The van der Waals surface area contributed by atoms with E-state index in [1.54, 1.807) is 0 Å². The third-order valence-corrected chi connectivity index (χ3v) is 3.79. The SMILES string of the molecule is NCCOC1CCN(C2CCCC2)CC1. The number of hydrogen-bond donors (Lipinski definition) is 1. The fourth-order valence-corrected chi connectivity index (χ4v) is 2.91. The van der Waals surface area contributed by atoms with Gasteiger partial charge in [-0.3, -0.25) is 0 Å². The first-order valence-electron chi connectivity index (χ1n) is 6.46. The summed E-state index contributed by atoms with van der Waals surface area (Å²) in [6.45, 7) is 3.86. The zero-order valence-corrected chi connectivity index (χ0v) is 9.66. The lowest BCUT2D eigenvalue weighted by Gasteiger charge is -2.35. The lowest BCUT2D eigenvalue weighted by molar-refractivity contribution is 0.00223. The van der Waals surface area contributed by atoms with Crippen molar-refractivity contribution in [2.24, 2.45) is 5.73 Å². The predicted octanol–water partition coefficient (Wildman–Crippen LogP) is 1.37. The monoisotopic (exact) mass is 212 g/mol. The normalized spacial score (nSPS) is 26.2. The van der Waals surface area contributed by atoms with Crippen LogP contribution >= 0.6 is 0 Å². The molecular weight excluding hydrogens is 188 g/mol. The molecule has 0 spiro atoms. The van der Waals surface area contributed by atoms with Crippen LogP contribution in [-0.2, 0) is 4.74 Å². The maximum atomic E-state index is 5.69. The van der Waals surface area contributed by atoms with Crippen LogP contribution in [0.5, 0.6) is 0 Å². The Morgan fingerprint density at radius 3 is 2.33 bits per heavy atom. The molecule has 1 aliphatic heterocycles. The summed E-state index contributed by atoms with van der Waals surface area (Å²) in [6, 6.07) is 0.889. The number of rotatable bonds is 4. The zero-order valence-electron chi connectivity index (χ0n) is 9.66. The van der Waals surface area contributed by atoms with Gasteiger partial charge in [-0.2, -0.15) is 0 Å². The molecule has 1 aliphatic carbocycles. The fourth-order valence-electron chi connectivity index (χ4n) is 2.91. The molecule has 2 N–H and O–H groups in total. The van der Waals surface area contributed by atoms with Crippen LogP contribution < -0.4 is 5.73 Å². The van der Waals surface area contributed by atoms with E-state index in [1.807, 2.05) is 0 Å². The summed E-state index contributed by atoms with van der Waals surface area (Å²) in [5.74, 6) is 0. The van der Waals surface area contributed by atoms with E-state index in [0.717, 1.165) is 12.6 Å². The Morgan fingerprint density at radius 1 is 1.07 bits per heavy atom. The second kappa shape index (κ2) is 5.83. The van der Waals surface area contributed by atoms with Gasteiger partial charge in [-0.1, -0.05) is 12.8 Å². The second-order valence-electron chi connectivity index (χ2n) is 4.83. The van der Waals surface area contributed by atoms with Gasteiger partial charge in [-0.05, 0) is 25.7 Å². The van der Waals surface area contributed by atoms with Crippen molar-refractivity contribution >= 4 is 0 Å². The molecule has 0 aromatic heterocycles. The molecule has 1 saturated carbocycles. The van der Waals surface area contributed by atoms with Crippen molar-refractivity contribution in [2.45, 2.75) is 50.7 Å². The molecule has 0 amide bonds. The molecule has 1 saturated heterocycles. The van der Waals surface area contributed by atoms with Crippen molar-refractivity contribution in [1.82, 2.24) is 4.90 Å². The largest absolute Gasteiger partial charge is 0.377 e. The summed E-state index contributed by atoms with van der Waals surface area (Å²) in [7, 11) is 0. The summed E-state index contributed by atoms with van der Waals surface area (Å²) < 4.78 is 5.69. The summed E-state index contributed by atoms with van der Waals surface area (Å²) >= 11 is 0. The molecule has 2 aliphatic rings. The number of piperidine rings is 1. The Hall–Kier alpha value is -0.120. The molecule has 2 rings (SSSR count). The molecule has 2 fully saturated rings. The molecular formula is C12H24N2O. The maximum absolute atomic E-state index is 5.69. The van der Waals surface area contributed by atoms with Crippen LogP contribution in [0.25, 0.3) is 0 Å². The highest BCUT2D eigenvalue weighted by Gasteiger charge is 2.26. The van der Waals surface area contributed by atoms with Gasteiger partial charge in [0.1, 0.15) is 0 Å². The minimum Gasteiger partial charge on any atom is -0.377 e. The van der Waals surface area contributed by atoms with Gasteiger partial charge in [-0.25, -0.2) is 0 Å². The standard InChI is InChI=1S/C12H24N2O/c13-7-10-15-12-5-8-14(9-6-12)11-3-1-2-4-11/h11-12H,1-10,13H2. The average molecular weight is 212 g/mol. The maximum Gasteiger partial charge on any atom is 0.0600 e. The zero-order chi connectivity index (χ0) is 10.5. The quantitative estimate of drug-likeness (QED) is 0.765. The van der Waals surface area contributed by atoms with Crippen molar-refractivity contribution < 1.29 is 4.74 Å². The van der Waals surface area contributed by atoms with E-state index in [4.69, 9.17) is 10.5 Å². The van der Waals surface area contributed by atoms with E-state index >= 15 is 0 Å². The van der Waals surface area contributed by atoms with E-state index in [2.05, 4.69) is 4.90 Å². The highest BCUT2D eigenvalue weighted by molar-refractivity contribution is 4.82. The molecule has 1 heterocycles. The first kappa shape index (κ1) is 11.4. The first-order valence-corrected chi connectivity index (χ1v) is 6.46. The number of nitrogens with two attached hydrogens (primary N) is 1. The number of hydrogen-bond acceptors (Lipinski definition) is 3. The van der Waals surface area contributed by atoms with Crippen LogP contribution in [0.4, 0.5) is 0 Å². The summed E-state index contributed by atoms with van der Waals surface area (Å²) in [4.78, 5) is 2.68. The molecule has 88 valence electrons. The molecule has 0 atom stereocenters. The van der Waals surface area contributed by atoms with Crippen molar-refractivity contribution in [3.05, 3.63) is 0 Å². The molecule has 15 heavy (non-hydrogen) atoms. The summed E-state index contributed by atoms with van der Waals surface area (Å²) in [6.07, 6.45) is 8.62. The number of nitrogens with zero attached hydrogens (tertiary/aromatic N) is 1. The van der Waals surface area contributed by atoms with Gasteiger partial charge in [0.2, 0.25) is 0 Å². The molecule has 0 aromatic carbocycles. The molecule has 3 heteroatoms. The van der Waals surface area contributed by atoms with Gasteiger partial charge in [-0.15, -0.1) is 0 Å². The van der Waals surface area contributed by atoms with Crippen molar-refractivity contribution in [3.63, 3.8) is 0 Å². The van der Waals surface area contributed by atoms with Crippen molar-refractivity contribution in [1.29, 1.82) is 0 Å². The highest BCUT2D eigenvalue weighted by atomic mass is 16.5. The highest BCUT2D eigenvalue weighted by Crippen LogP contribution is 2.26. The van der Waals surface area contributed by atoms with E-state index in [-0.39, 0.29) is 0 Å². The third kappa shape index (κ3) is 3.16. The topological polar surface area (TPSA) is 38.5 Å². The van der Waals surface area contributed by atoms with Crippen LogP contribution in [0.3, 0.4) is 0 Å². The number of ether oxygens (including phenoxy) is 1. The fraction of sp³-hybridized carbons (Fsp3) is 1.00. The predicted molar refractivity (Wildman–Crippen MR) is 61.9 cm³/mol. The second-order valence-corrected chi connectivity index (χ2v) is 4.83. The lowest BCUT2D eigenvalue weighted by Crippen LogP contribution is -2.42. The van der Waals surface area contributed by atoms with Crippen LogP contribution in [-0.4, -0.2) is 43.3 Å². The molecule has 0 unspecified atom stereocenters. The Bertz CT molecular complexity index is 172. The Kier molecular flexibility index (Phi) is 4.42. The van der Waals surface area contributed by atoms with Crippen molar-refractivity contribution in [2.75, 3.05) is 26.2 Å². The Labute approximate surface area is 93.0 Å². The lowest BCUT2D eigenvalue weighted by atomic mass is 10.0. The first-order chi connectivity index (χ1) is 7.40. The van der Waals surface area contributed by atoms with Crippen LogP contribution in [0.2, 0.25) is 0 Å². The third-order valence-electron chi connectivity index (χ3n) is 3.79. The van der Waals surface area contributed by atoms with E-state index in [0.29, 0.717) is 12.6 Å². The van der Waals surface area contributed by atoms with Gasteiger partial charge >= 0.3 is 0 Å². The van der Waals surface area contributed by atoms with E-state index < -0.39 is 0 Å². The van der Waals surface area contributed by atoms with Crippen molar-refractivity contribution in [3.8, 4) is 0 Å². The number of likely N-dealkylation sites (tertiary alicyclic amines) is 1.